The normalized spacial score (nSPS) is 11.8. The third kappa shape index (κ3) is 7.37. The van der Waals surface area contributed by atoms with Crippen LogP contribution in [0.15, 0.2) is 24.3 Å². The molecule has 2 N–H and O–H groups in total. The molecular formula is C14H23ClN2. The summed E-state index contributed by atoms with van der Waals surface area (Å²) in [6, 6.07) is 7.98. The molecule has 0 heterocycles. The molecule has 0 unspecified atom stereocenters. The molecule has 1 aromatic carbocycles. The summed E-state index contributed by atoms with van der Waals surface area (Å²) in [6.45, 7) is 9.56. The molecule has 2 nitrogen and oxygen atoms in total. The first-order chi connectivity index (χ1) is 7.97. The van der Waals surface area contributed by atoms with E-state index in [1.165, 1.54) is 5.56 Å². The van der Waals surface area contributed by atoms with Crippen LogP contribution in [0, 0.1) is 0 Å². The summed E-state index contributed by atoms with van der Waals surface area (Å²) >= 11 is 5.83. The molecule has 17 heavy (non-hydrogen) atoms. The highest BCUT2D eigenvalue weighted by Crippen LogP contribution is 2.08. The molecule has 0 spiro atoms. The van der Waals surface area contributed by atoms with E-state index in [1.54, 1.807) is 0 Å². The van der Waals surface area contributed by atoms with Crippen molar-refractivity contribution in [1.29, 1.82) is 0 Å². The Hall–Kier alpha value is -0.570. The van der Waals surface area contributed by atoms with Crippen molar-refractivity contribution in [3.63, 3.8) is 0 Å². The zero-order valence-corrected chi connectivity index (χ0v) is 11.8. The van der Waals surface area contributed by atoms with Gasteiger partial charge in [0.15, 0.2) is 0 Å². The van der Waals surface area contributed by atoms with Crippen molar-refractivity contribution in [2.24, 2.45) is 0 Å². The zero-order chi connectivity index (χ0) is 12.7. The van der Waals surface area contributed by atoms with Gasteiger partial charge in [0.1, 0.15) is 0 Å². The minimum Gasteiger partial charge on any atom is -0.313 e. The summed E-state index contributed by atoms with van der Waals surface area (Å²) in [5.41, 5.74) is 1.49. The smallest absolute Gasteiger partial charge is 0.0406 e. The Labute approximate surface area is 110 Å². The lowest BCUT2D eigenvalue weighted by Gasteiger charge is -2.20. The van der Waals surface area contributed by atoms with Crippen LogP contribution in [0.4, 0.5) is 0 Å². The molecule has 0 aliphatic heterocycles. The van der Waals surface area contributed by atoms with Gasteiger partial charge in [-0.1, -0.05) is 23.7 Å². The fourth-order valence-corrected chi connectivity index (χ4v) is 1.64. The Morgan fingerprint density at radius 3 is 2.29 bits per heavy atom. The fourth-order valence-electron chi connectivity index (χ4n) is 1.51. The largest absolute Gasteiger partial charge is 0.313 e. The molecule has 0 saturated heterocycles. The lowest BCUT2D eigenvalue weighted by molar-refractivity contribution is 0.418. The van der Waals surface area contributed by atoms with Gasteiger partial charge in [0.05, 0.1) is 0 Å². The Morgan fingerprint density at radius 1 is 1.06 bits per heavy atom. The van der Waals surface area contributed by atoms with Gasteiger partial charge in [-0.2, -0.15) is 0 Å². The van der Waals surface area contributed by atoms with Gasteiger partial charge in [-0.25, -0.2) is 0 Å². The molecule has 1 aromatic rings. The van der Waals surface area contributed by atoms with Gasteiger partial charge in [-0.3, -0.25) is 0 Å². The number of benzene rings is 1. The lowest BCUT2D eigenvalue weighted by Crippen LogP contribution is -2.37. The number of hydrogen-bond acceptors (Lipinski definition) is 2. The van der Waals surface area contributed by atoms with Gasteiger partial charge >= 0.3 is 0 Å². The lowest BCUT2D eigenvalue weighted by atomic mass is 10.1. The Morgan fingerprint density at radius 2 is 1.71 bits per heavy atom. The van der Waals surface area contributed by atoms with E-state index in [0.717, 1.165) is 31.1 Å². The third-order valence-corrected chi connectivity index (χ3v) is 2.68. The van der Waals surface area contributed by atoms with Gasteiger partial charge in [0, 0.05) is 17.1 Å². The standard InChI is InChI=1S/C14H23ClN2/c1-14(2,3)17-10-4-9-16-11-12-5-7-13(15)8-6-12/h5-8,16-17H,4,9-11H2,1-3H3. The van der Waals surface area contributed by atoms with E-state index in [-0.39, 0.29) is 5.54 Å². The Kier molecular flexibility index (Phi) is 5.96. The molecule has 0 fully saturated rings. The second kappa shape index (κ2) is 7.00. The molecule has 0 aliphatic rings. The molecule has 0 radical (unpaired) electrons. The monoisotopic (exact) mass is 254 g/mol. The van der Waals surface area contributed by atoms with Crippen LogP contribution in [0.25, 0.3) is 0 Å². The summed E-state index contributed by atoms with van der Waals surface area (Å²) in [7, 11) is 0. The van der Waals surface area contributed by atoms with E-state index < -0.39 is 0 Å². The van der Waals surface area contributed by atoms with E-state index in [9.17, 15) is 0 Å². The minimum absolute atomic E-state index is 0.218. The van der Waals surface area contributed by atoms with Crippen molar-refractivity contribution in [3.05, 3.63) is 34.9 Å². The Balaban J connectivity index is 2.07. The molecule has 0 aromatic heterocycles. The predicted octanol–water partition coefficient (Wildman–Crippen LogP) is 3.21. The maximum atomic E-state index is 5.83. The maximum absolute atomic E-state index is 5.83. The van der Waals surface area contributed by atoms with Crippen molar-refractivity contribution in [3.8, 4) is 0 Å². The Bertz CT molecular complexity index is 314. The average molecular weight is 255 g/mol. The van der Waals surface area contributed by atoms with E-state index in [2.05, 4.69) is 43.5 Å². The molecule has 0 amide bonds. The van der Waals surface area contributed by atoms with Crippen LogP contribution in [0.1, 0.15) is 32.8 Å². The molecule has 0 saturated carbocycles. The van der Waals surface area contributed by atoms with Crippen LogP contribution in [-0.2, 0) is 6.54 Å². The van der Waals surface area contributed by atoms with Crippen LogP contribution in [-0.4, -0.2) is 18.6 Å². The summed E-state index contributed by atoms with van der Waals surface area (Å²) in [5.74, 6) is 0. The zero-order valence-electron chi connectivity index (χ0n) is 11.0. The predicted molar refractivity (Wildman–Crippen MR) is 75.5 cm³/mol. The van der Waals surface area contributed by atoms with Crippen LogP contribution in [0.2, 0.25) is 5.02 Å². The molecule has 0 bridgehead atoms. The molecule has 3 heteroatoms. The van der Waals surface area contributed by atoms with Gasteiger partial charge in [0.2, 0.25) is 0 Å². The highest BCUT2D eigenvalue weighted by molar-refractivity contribution is 6.30. The van der Waals surface area contributed by atoms with Crippen molar-refractivity contribution >= 4 is 11.6 Å². The second-order valence-corrected chi connectivity index (χ2v) is 5.77. The highest BCUT2D eigenvalue weighted by Gasteiger charge is 2.06. The van der Waals surface area contributed by atoms with Crippen molar-refractivity contribution in [1.82, 2.24) is 10.6 Å². The van der Waals surface area contributed by atoms with Gasteiger partial charge in [0.25, 0.3) is 0 Å². The molecule has 1 rings (SSSR count). The van der Waals surface area contributed by atoms with E-state index in [1.807, 2.05) is 12.1 Å². The number of rotatable bonds is 6. The van der Waals surface area contributed by atoms with E-state index in [4.69, 9.17) is 11.6 Å². The van der Waals surface area contributed by atoms with Crippen LogP contribution < -0.4 is 10.6 Å². The molecular weight excluding hydrogens is 232 g/mol. The summed E-state index contributed by atoms with van der Waals surface area (Å²) in [4.78, 5) is 0. The molecule has 0 aliphatic carbocycles. The maximum Gasteiger partial charge on any atom is 0.0406 e. The summed E-state index contributed by atoms with van der Waals surface area (Å²) in [5, 5.41) is 7.69. The van der Waals surface area contributed by atoms with Gasteiger partial charge in [-0.15, -0.1) is 0 Å². The first kappa shape index (κ1) is 14.5. The first-order valence-electron chi connectivity index (χ1n) is 6.17. The van der Waals surface area contributed by atoms with Gasteiger partial charge < -0.3 is 10.6 Å². The van der Waals surface area contributed by atoms with Crippen LogP contribution in [0.3, 0.4) is 0 Å². The quantitative estimate of drug-likeness (QED) is 0.762. The average Bonchev–Trinajstić information content (AvgIpc) is 2.24. The number of nitrogens with one attached hydrogen (secondary N) is 2. The van der Waals surface area contributed by atoms with Crippen molar-refractivity contribution in [2.45, 2.75) is 39.3 Å². The van der Waals surface area contributed by atoms with E-state index in [0.29, 0.717) is 0 Å². The van der Waals surface area contributed by atoms with E-state index >= 15 is 0 Å². The summed E-state index contributed by atoms with van der Waals surface area (Å²) in [6.07, 6.45) is 1.14. The second-order valence-electron chi connectivity index (χ2n) is 5.33. The summed E-state index contributed by atoms with van der Waals surface area (Å²) < 4.78 is 0. The SMILES string of the molecule is CC(C)(C)NCCCNCc1ccc(Cl)cc1. The number of halogens is 1. The van der Waals surface area contributed by atoms with Crippen LogP contribution in [0.5, 0.6) is 0 Å². The minimum atomic E-state index is 0.218. The highest BCUT2D eigenvalue weighted by atomic mass is 35.5. The first-order valence-corrected chi connectivity index (χ1v) is 6.55. The third-order valence-electron chi connectivity index (χ3n) is 2.43. The van der Waals surface area contributed by atoms with Crippen LogP contribution >= 0.6 is 11.6 Å². The molecule has 96 valence electrons. The van der Waals surface area contributed by atoms with Gasteiger partial charge in [-0.05, 0) is 58.0 Å². The topological polar surface area (TPSA) is 24.1 Å². The van der Waals surface area contributed by atoms with Crippen molar-refractivity contribution < 1.29 is 0 Å². The van der Waals surface area contributed by atoms with Crippen molar-refractivity contribution in [2.75, 3.05) is 13.1 Å². The fraction of sp³-hybridized carbons (Fsp3) is 0.571. The number of hydrogen-bond donors (Lipinski definition) is 2. The molecule has 0 atom stereocenters.